The van der Waals surface area contributed by atoms with Gasteiger partial charge in [0.1, 0.15) is 12.4 Å². The van der Waals surface area contributed by atoms with Gasteiger partial charge in [0.05, 0.1) is 16.9 Å². The van der Waals surface area contributed by atoms with Gasteiger partial charge >= 0.3 is 6.18 Å². The largest absolute Gasteiger partial charge is 0.406 e. The first kappa shape index (κ1) is 17.5. The molecule has 27 heavy (non-hydrogen) atoms. The summed E-state index contributed by atoms with van der Waals surface area (Å²) in [5.41, 5.74) is 0.612. The Morgan fingerprint density at radius 3 is 2.59 bits per heavy atom. The van der Waals surface area contributed by atoms with Gasteiger partial charge in [0.2, 0.25) is 0 Å². The minimum Gasteiger partial charge on any atom is -0.361 e. The monoisotopic (exact) mass is 374 g/mol. The predicted octanol–water partition coefficient (Wildman–Crippen LogP) is 3.70. The molecule has 1 aliphatic heterocycles. The van der Waals surface area contributed by atoms with Crippen molar-refractivity contribution >= 4 is 16.6 Å². The zero-order valence-electron chi connectivity index (χ0n) is 14.4. The number of halogens is 3. The van der Waals surface area contributed by atoms with Crippen LogP contribution in [0.3, 0.4) is 0 Å². The maximum absolute atomic E-state index is 13.2. The number of alkyl halides is 3. The van der Waals surface area contributed by atoms with Crippen LogP contribution in [0, 0.1) is 0 Å². The summed E-state index contributed by atoms with van der Waals surface area (Å²) in [6, 6.07) is 9.74. The van der Waals surface area contributed by atoms with E-state index in [2.05, 4.69) is 9.97 Å². The molecule has 140 valence electrons. The second kappa shape index (κ2) is 6.68. The van der Waals surface area contributed by atoms with E-state index in [1.54, 1.807) is 30.6 Å². The molecule has 0 N–H and O–H groups in total. The van der Waals surface area contributed by atoms with E-state index < -0.39 is 24.3 Å². The van der Waals surface area contributed by atoms with E-state index in [1.165, 1.54) is 6.07 Å². The first-order valence-corrected chi connectivity index (χ1v) is 8.67. The number of pyridine rings is 1. The zero-order valence-corrected chi connectivity index (χ0v) is 14.4. The normalized spacial score (nSPS) is 17.6. The fraction of sp³-hybridized carbons (Fsp3) is 0.316. The average molecular weight is 374 g/mol. The second-order valence-electron chi connectivity index (χ2n) is 6.55. The number of anilines is 1. The van der Waals surface area contributed by atoms with Crippen molar-refractivity contribution in [2.24, 2.45) is 0 Å². The minimum absolute atomic E-state index is 0.158. The Hall–Kier alpha value is -2.90. The van der Waals surface area contributed by atoms with Gasteiger partial charge in [-0.15, -0.1) is 0 Å². The molecule has 8 heteroatoms. The van der Waals surface area contributed by atoms with Crippen molar-refractivity contribution in [3.05, 3.63) is 65.0 Å². The smallest absolute Gasteiger partial charge is 0.361 e. The molecule has 3 heterocycles. The molecule has 0 aliphatic carbocycles. The van der Waals surface area contributed by atoms with Crippen molar-refractivity contribution in [2.45, 2.75) is 31.6 Å². The Kier molecular flexibility index (Phi) is 4.33. The number of hydrogen-bond acceptors (Lipinski definition) is 4. The highest BCUT2D eigenvalue weighted by Gasteiger charge is 2.35. The highest BCUT2D eigenvalue weighted by atomic mass is 19.4. The van der Waals surface area contributed by atoms with Gasteiger partial charge in [-0.3, -0.25) is 14.3 Å². The maximum Gasteiger partial charge on any atom is 0.406 e. The molecule has 0 spiro atoms. The summed E-state index contributed by atoms with van der Waals surface area (Å²) in [6.07, 6.45) is 0.206. The summed E-state index contributed by atoms with van der Waals surface area (Å²) in [5.74, 6) is 0.158. The quantitative estimate of drug-likeness (QED) is 0.702. The fourth-order valence-electron chi connectivity index (χ4n) is 3.65. The van der Waals surface area contributed by atoms with Crippen molar-refractivity contribution in [3.8, 4) is 0 Å². The van der Waals surface area contributed by atoms with Crippen molar-refractivity contribution in [3.63, 3.8) is 0 Å². The van der Waals surface area contributed by atoms with Gasteiger partial charge in [0, 0.05) is 24.6 Å². The third-order valence-electron chi connectivity index (χ3n) is 4.77. The van der Waals surface area contributed by atoms with Crippen LogP contribution >= 0.6 is 0 Å². The second-order valence-corrected chi connectivity index (χ2v) is 6.55. The predicted molar refractivity (Wildman–Crippen MR) is 95.6 cm³/mol. The minimum atomic E-state index is -4.51. The molecule has 4 rings (SSSR count). The van der Waals surface area contributed by atoms with Crippen molar-refractivity contribution in [2.75, 3.05) is 11.4 Å². The lowest BCUT2D eigenvalue weighted by Gasteiger charge is -2.28. The lowest BCUT2D eigenvalue weighted by atomic mass is 10.1. The Morgan fingerprint density at radius 1 is 1.11 bits per heavy atom. The first-order valence-electron chi connectivity index (χ1n) is 8.67. The van der Waals surface area contributed by atoms with Gasteiger partial charge in [-0.05, 0) is 37.1 Å². The van der Waals surface area contributed by atoms with E-state index in [9.17, 15) is 18.0 Å². The van der Waals surface area contributed by atoms with Crippen LogP contribution in [-0.4, -0.2) is 27.3 Å². The molecule has 2 aromatic heterocycles. The number of rotatable bonds is 3. The van der Waals surface area contributed by atoms with Gasteiger partial charge in [-0.25, -0.2) is 4.98 Å². The Labute approximate surface area is 153 Å². The van der Waals surface area contributed by atoms with Crippen molar-refractivity contribution < 1.29 is 13.2 Å². The lowest BCUT2D eigenvalue weighted by Crippen LogP contribution is -2.35. The first-order chi connectivity index (χ1) is 12.9. The number of nitrogens with zero attached hydrogens (tertiary/aromatic N) is 4. The Balaban J connectivity index is 1.89. The van der Waals surface area contributed by atoms with Crippen molar-refractivity contribution in [1.82, 2.24) is 14.5 Å². The lowest BCUT2D eigenvalue weighted by molar-refractivity contribution is -0.141. The molecule has 5 nitrogen and oxygen atoms in total. The topological polar surface area (TPSA) is 51.0 Å². The molecule has 1 aliphatic rings. The molecular weight excluding hydrogens is 357 g/mol. The van der Waals surface area contributed by atoms with Crippen LogP contribution in [0.2, 0.25) is 0 Å². The molecule has 0 radical (unpaired) electrons. The molecular formula is C19H17F3N4O. The standard InChI is InChI=1S/C19H17F3N4O/c20-19(21,22)12-26-17(24-15-5-2-1-4-14(15)18(26)27)16-6-3-11-25(16)13-7-9-23-10-8-13/h1-2,4-5,7-10,16H,3,6,11-12H2. The Bertz CT molecular complexity index is 1020. The average Bonchev–Trinajstić information content (AvgIpc) is 3.13. The van der Waals surface area contributed by atoms with Gasteiger partial charge in [-0.1, -0.05) is 12.1 Å². The van der Waals surface area contributed by atoms with Gasteiger partial charge in [0.25, 0.3) is 5.56 Å². The molecule has 1 saturated heterocycles. The van der Waals surface area contributed by atoms with E-state index in [4.69, 9.17) is 0 Å². The van der Waals surface area contributed by atoms with Crippen LogP contribution in [0.5, 0.6) is 0 Å². The number of aromatic nitrogens is 3. The molecule has 3 aromatic rings. The van der Waals surface area contributed by atoms with E-state index in [0.29, 0.717) is 18.5 Å². The van der Waals surface area contributed by atoms with Crippen LogP contribution in [0.25, 0.3) is 10.9 Å². The molecule has 1 fully saturated rings. The van der Waals surface area contributed by atoms with E-state index in [1.807, 2.05) is 17.0 Å². The summed E-state index contributed by atoms with van der Waals surface area (Å²) in [7, 11) is 0. The number of hydrogen-bond donors (Lipinski definition) is 0. The van der Waals surface area contributed by atoms with Crippen molar-refractivity contribution in [1.29, 1.82) is 0 Å². The van der Waals surface area contributed by atoms with Crippen LogP contribution in [0.15, 0.2) is 53.6 Å². The SMILES string of the molecule is O=c1c2ccccc2nc(C2CCCN2c2ccncc2)n1CC(F)(F)F. The van der Waals surface area contributed by atoms with E-state index in [0.717, 1.165) is 16.7 Å². The molecule has 0 bridgehead atoms. The third-order valence-corrected chi connectivity index (χ3v) is 4.77. The number of fused-ring (bicyclic) bond motifs is 1. The molecule has 1 unspecified atom stereocenters. The van der Waals surface area contributed by atoms with Gasteiger partial charge < -0.3 is 4.90 Å². The summed E-state index contributed by atoms with van der Waals surface area (Å²) in [6.45, 7) is -0.664. The summed E-state index contributed by atoms with van der Waals surface area (Å²) in [4.78, 5) is 23.3. The number of para-hydroxylation sites is 1. The fourth-order valence-corrected chi connectivity index (χ4v) is 3.65. The third kappa shape index (κ3) is 3.39. The van der Waals surface area contributed by atoms with Crippen LogP contribution in [0.4, 0.5) is 18.9 Å². The molecule has 0 saturated carbocycles. The van der Waals surface area contributed by atoms with E-state index in [-0.39, 0.29) is 11.2 Å². The van der Waals surface area contributed by atoms with Crippen LogP contribution < -0.4 is 10.5 Å². The van der Waals surface area contributed by atoms with Gasteiger partial charge in [-0.2, -0.15) is 13.2 Å². The summed E-state index contributed by atoms with van der Waals surface area (Å²) < 4.78 is 40.4. The Morgan fingerprint density at radius 2 is 1.85 bits per heavy atom. The summed E-state index contributed by atoms with van der Waals surface area (Å²) >= 11 is 0. The molecule has 1 atom stereocenters. The van der Waals surface area contributed by atoms with Crippen LogP contribution in [-0.2, 0) is 6.54 Å². The van der Waals surface area contributed by atoms with Gasteiger partial charge in [0.15, 0.2) is 0 Å². The highest BCUT2D eigenvalue weighted by molar-refractivity contribution is 5.77. The maximum atomic E-state index is 13.2. The highest BCUT2D eigenvalue weighted by Crippen LogP contribution is 2.35. The zero-order chi connectivity index (χ0) is 19.0. The molecule has 1 aromatic carbocycles. The van der Waals surface area contributed by atoms with Crippen LogP contribution in [0.1, 0.15) is 24.7 Å². The number of benzene rings is 1. The van der Waals surface area contributed by atoms with E-state index >= 15 is 0 Å². The molecule has 0 amide bonds. The summed E-state index contributed by atoms with van der Waals surface area (Å²) in [5, 5.41) is 0.193.